The highest BCUT2D eigenvalue weighted by molar-refractivity contribution is 7.92. The first-order valence-corrected chi connectivity index (χ1v) is 11.1. The van der Waals surface area contributed by atoms with Crippen LogP contribution in [0, 0.1) is 10.1 Å². The molecule has 0 aromatic heterocycles. The minimum atomic E-state index is -4.07. The predicted molar refractivity (Wildman–Crippen MR) is 125 cm³/mol. The van der Waals surface area contributed by atoms with Gasteiger partial charge in [-0.25, -0.2) is 8.42 Å². The molecule has 0 aliphatic heterocycles. The Labute approximate surface area is 193 Å². The number of halogens is 2. The number of hydrogen-bond acceptors (Lipinski definition) is 7. The summed E-state index contributed by atoms with van der Waals surface area (Å²) >= 11 is 11.9. The minimum absolute atomic E-state index is 0.000247. The van der Waals surface area contributed by atoms with Crippen LogP contribution in [0.5, 0.6) is 5.75 Å². The molecule has 0 amide bonds. The van der Waals surface area contributed by atoms with Crippen molar-refractivity contribution in [3.63, 3.8) is 0 Å². The van der Waals surface area contributed by atoms with Crippen LogP contribution in [0.25, 0.3) is 0 Å². The van der Waals surface area contributed by atoms with E-state index in [1.807, 2.05) is 0 Å². The molecular formula is C20H16Cl2N4O5S. The van der Waals surface area contributed by atoms with Gasteiger partial charge in [-0.3, -0.25) is 20.3 Å². The third kappa shape index (κ3) is 5.67. The quantitative estimate of drug-likeness (QED) is 0.253. The lowest BCUT2D eigenvalue weighted by Crippen LogP contribution is -2.13. The summed E-state index contributed by atoms with van der Waals surface area (Å²) in [4.78, 5) is 10.5. The van der Waals surface area contributed by atoms with Gasteiger partial charge in [0.25, 0.3) is 15.7 Å². The molecule has 0 saturated carbocycles. The summed E-state index contributed by atoms with van der Waals surface area (Å²) in [5.74, 6) is 0.555. The van der Waals surface area contributed by atoms with Crippen molar-refractivity contribution in [2.24, 2.45) is 5.10 Å². The van der Waals surface area contributed by atoms with E-state index in [1.165, 1.54) is 43.7 Å². The third-order valence-corrected chi connectivity index (χ3v) is 6.11. The summed E-state index contributed by atoms with van der Waals surface area (Å²) in [5.41, 5.74) is 2.88. The Balaban J connectivity index is 1.83. The molecule has 12 heteroatoms. The molecule has 0 unspecified atom stereocenters. The van der Waals surface area contributed by atoms with Gasteiger partial charge in [0, 0.05) is 22.3 Å². The highest BCUT2D eigenvalue weighted by Gasteiger charge is 2.21. The molecule has 3 aromatic rings. The van der Waals surface area contributed by atoms with Gasteiger partial charge in [0.15, 0.2) is 0 Å². The van der Waals surface area contributed by atoms with E-state index in [2.05, 4.69) is 15.2 Å². The molecule has 32 heavy (non-hydrogen) atoms. The van der Waals surface area contributed by atoms with E-state index < -0.39 is 20.6 Å². The summed E-state index contributed by atoms with van der Waals surface area (Å²) in [6.45, 7) is 0. The normalized spacial score (nSPS) is 11.3. The topological polar surface area (TPSA) is 123 Å². The Kier molecular flexibility index (Phi) is 7.18. The zero-order valence-electron chi connectivity index (χ0n) is 16.5. The van der Waals surface area contributed by atoms with Crippen LogP contribution >= 0.6 is 23.2 Å². The SMILES string of the molecule is COc1ccc(NS(=O)(=O)c2ccc(NN=Cc3ccc(Cl)cc3Cl)c([N+](=O)[O-])c2)cc1. The lowest BCUT2D eigenvalue weighted by molar-refractivity contribution is -0.384. The molecule has 3 aromatic carbocycles. The molecule has 0 aliphatic carbocycles. The number of hydrazone groups is 1. The maximum Gasteiger partial charge on any atom is 0.295 e. The number of ether oxygens (including phenoxy) is 1. The van der Waals surface area contributed by atoms with Crippen LogP contribution in [0.2, 0.25) is 10.0 Å². The van der Waals surface area contributed by atoms with E-state index in [1.54, 1.807) is 24.3 Å². The molecule has 2 N–H and O–H groups in total. The standard InChI is InChI=1S/C20H16Cl2N4O5S/c1-31-16-6-4-15(5-7-16)25-32(29,30)17-8-9-19(20(11-17)26(27)28)24-23-12-13-2-3-14(21)10-18(13)22/h2-12,24-25H,1H3. The average molecular weight is 495 g/mol. The van der Waals surface area contributed by atoms with Crippen molar-refractivity contribution in [3.8, 4) is 5.75 Å². The maximum atomic E-state index is 12.7. The Morgan fingerprint density at radius 3 is 2.41 bits per heavy atom. The fourth-order valence-electron chi connectivity index (χ4n) is 2.57. The van der Waals surface area contributed by atoms with Crippen molar-refractivity contribution in [3.05, 3.63) is 86.4 Å². The van der Waals surface area contributed by atoms with Crippen molar-refractivity contribution in [1.29, 1.82) is 0 Å². The molecular weight excluding hydrogens is 479 g/mol. The second-order valence-corrected chi connectivity index (χ2v) is 8.83. The number of nitrogens with one attached hydrogen (secondary N) is 2. The molecule has 0 saturated heterocycles. The van der Waals surface area contributed by atoms with E-state index in [0.29, 0.717) is 21.4 Å². The number of rotatable bonds is 8. The highest BCUT2D eigenvalue weighted by atomic mass is 35.5. The molecule has 0 fully saturated rings. The first-order valence-electron chi connectivity index (χ1n) is 8.89. The van der Waals surface area contributed by atoms with Crippen LogP contribution in [-0.4, -0.2) is 26.7 Å². The Bertz CT molecular complexity index is 1280. The molecule has 0 spiro atoms. The lowest BCUT2D eigenvalue weighted by atomic mass is 10.2. The first-order chi connectivity index (χ1) is 15.2. The lowest BCUT2D eigenvalue weighted by Gasteiger charge is -2.10. The van der Waals surface area contributed by atoms with Crippen molar-refractivity contribution >= 4 is 56.5 Å². The van der Waals surface area contributed by atoms with Crippen molar-refractivity contribution in [2.45, 2.75) is 4.90 Å². The van der Waals surface area contributed by atoms with Crippen LogP contribution < -0.4 is 14.9 Å². The average Bonchev–Trinajstić information content (AvgIpc) is 2.75. The number of nitrogens with zero attached hydrogens (tertiary/aromatic N) is 2. The Morgan fingerprint density at radius 2 is 1.78 bits per heavy atom. The van der Waals surface area contributed by atoms with Gasteiger partial charge >= 0.3 is 0 Å². The largest absolute Gasteiger partial charge is 0.497 e. The maximum absolute atomic E-state index is 12.7. The van der Waals surface area contributed by atoms with Crippen LogP contribution in [0.4, 0.5) is 17.1 Å². The number of methoxy groups -OCH3 is 1. The predicted octanol–water partition coefficient (Wildman–Crippen LogP) is 5.16. The first kappa shape index (κ1) is 23.3. The van der Waals surface area contributed by atoms with Gasteiger partial charge < -0.3 is 4.74 Å². The van der Waals surface area contributed by atoms with Crippen molar-refractivity contribution < 1.29 is 18.1 Å². The molecule has 3 rings (SSSR count). The molecule has 0 heterocycles. The number of nitro benzene ring substituents is 1. The van der Waals surface area contributed by atoms with Crippen LogP contribution in [0.3, 0.4) is 0 Å². The van der Waals surface area contributed by atoms with Crippen LogP contribution in [-0.2, 0) is 10.0 Å². The highest BCUT2D eigenvalue weighted by Crippen LogP contribution is 2.29. The minimum Gasteiger partial charge on any atom is -0.497 e. The number of anilines is 2. The van der Waals surface area contributed by atoms with E-state index in [9.17, 15) is 18.5 Å². The van der Waals surface area contributed by atoms with Gasteiger partial charge in [-0.1, -0.05) is 29.3 Å². The zero-order chi connectivity index (χ0) is 23.3. The summed E-state index contributed by atoms with van der Waals surface area (Å²) in [7, 11) is -2.58. The number of nitro groups is 1. The van der Waals surface area contributed by atoms with Gasteiger partial charge in [-0.05, 0) is 48.5 Å². The van der Waals surface area contributed by atoms with Gasteiger partial charge in [0.1, 0.15) is 11.4 Å². The molecule has 0 atom stereocenters. The van der Waals surface area contributed by atoms with E-state index in [0.717, 1.165) is 6.07 Å². The van der Waals surface area contributed by atoms with Crippen LogP contribution in [0.15, 0.2) is 70.7 Å². The van der Waals surface area contributed by atoms with E-state index in [-0.39, 0.29) is 16.3 Å². The number of sulfonamides is 1. The summed E-state index contributed by atoms with van der Waals surface area (Å²) in [5, 5.41) is 16.2. The van der Waals surface area contributed by atoms with E-state index >= 15 is 0 Å². The molecule has 0 bridgehead atoms. The van der Waals surface area contributed by atoms with Gasteiger partial charge in [-0.15, -0.1) is 0 Å². The van der Waals surface area contributed by atoms with Crippen LogP contribution in [0.1, 0.15) is 5.56 Å². The summed E-state index contributed by atoms with van der Waals surface area (Å²) < 4.78 is 32.7. The third-order valence-electron chi connectivity index (χ3n) is 4.17. The molecule has 9 nitrogen and oxygen atoms in total. The summed E-state index contributed by atoms with van der Waals surface area (Å²) in [6, 6.07) is 14.4. The van der Waals surface area contributed by atoms with Crippen molar-refractivity contribution in [1.82, 2.24) is 0 Å². The molecule has 0 aliphatic rings. The van der Waals surface area contributed by atoms with Gasteiger partial charge in [0.2, 0.25) is 0 Å². The summed E-state index contributed by atoms with van der Waals surface area (Å²) in [6.07, 6.45) is 1.36. The zero-order valence-corrected chi connectivity index (χ0v) is 18.8. The Morgan fingerprint density at radius 1 is 1.06 bits per heavy atom. The van der Waals surface area contributed by atoms with Gasteiger partial charge in [0.05, 0.1) is 28.2 Å². The fourth-order valence-corrected chi connectivity index (χ4v) is 4.11. The fraction of sp³-hybridized carbons (Fsp3) is 0.0500. The van der Waals surface area contributed by atoms with E-state index in [4.69, 9.17) is 27.9 Å². The Hall–Kier alpha value is -3.34. The molecule has 166 valence electrons. The number of hydrogen-bond donors (Lipinski definition) is 2. The monoisotopic (exact) mass is 494 g/mol. The molecule has 0 radical (unpaired) electrons. The second kappa shape index (κ2) is 9.86. The smallest absolute Gasteiger partial charge is 0.295 e. The van der Waals surface area contributed by atoms with Gasteiger partial charge in [-0.2, -0.15) is 5.10 Å². The number of benzene rings is 3. The van der Waals surface area contributed by atoms with Crippen molar-refractivity contribution in [2.75, 3.05) is 17.3 Å². The second-order valence-electron chi connectivity index (χ2n) is 6.31.